The summed E-state index contributed by atoms with van der Waals surface area (Å²) in [6.45, 7) is 6.26. The molecule has 0 bridgehead atoms. The number of carbonyl (C=O) groups is 1. The van der Waals surface area contributed by atoms with Gasteiger partial charge in [0.2, 0.25) is 6.79 Å². The first-order valence-electron chi connectivity index (χ1n) is 13.7. The van der Waals surface area contributed by atoms with Gasteiger partial charge in [0.05, 0.1) is 11.2 Å². The number of rotatable bonds is 6. The second-order valence-corrected chi connectivity index (χ2v) is 11.3. The summed E-state index contributed by atoms with van der Waals surface area (Å²) in [5, 5.41) is 21.9. The maximum atomic E-state index is 13.1. The van der Waals surface area contributed by atoms with Gasteiger partial charge in [0, 0.05) is 40.6 Å². The van der Waals surface area contributed by atoms with E-state index in [-0.39, 0.29) is 23.9 Å². The number of fused-ring (bicyclic) bond motifs is 2. The molecular weight excluding hydrogens is 528 g/mol. The molecule has 1 amide bonds. The molecule has 0 atom stereocenters. The standard InChI is InChI=1S/C34H32N4O4/c1-34(2,3)27-17-22(10-14-30(27)39)33(40)35-23-6-5-7-24(18-23)38(4)25-11-12-26-28(36-37-29(26)19-25)13-8-21-9-15-31-32(16-21)42-20-41-31/h5-19,39H,20H2,1-4H3,(H,35,40)(H,36,37). The fourth-order valence-corrected chi connectivity index (χ4v) is 4.98. The molecule has 0 saturated carbocycles. The maximum absolute atomic E-state index is 13.1. The van der Waals surface area contributed by atoms with Gasteiger partial charge in [-0.2, -0.15) is 5.10 Å². The van der Waals surface area contributed by atoms with Gasteiger partial charge in [-0.1, -0.05) is 39.0 Å². The van der Waals surface area contributed by atoms with Crippen molar-refractivity contribution in [2.24, 2.45) is 0 Å². The number of aromatic nitrogens is 2. The van der Waals surface area contributed by atoms with Crippen molar-refractivity contribution in [3.63, 3.8) is 0 Å². The van der Waals surface area contributed by atoms with Crippen LogP contribution in [0.3, 0.4) is 0 Å². The van der Waals surface area contributed by atoms with E-state index in [1.165, 1.54) is 0 Å². The monoisotopic (exact) mass is 560 g/mol. The number of aromatic amines is 1. The quantitative estimate of drug-likeness (QED) is 0.199. The second kappa shape index (κ2) is 10.6. The fourth-order valence-electron chi connectivity index (χ4n) is 4.98. The smallest absolute Gasteiger partial charge is 0.255 e. The van der Waals surface area contributed by atoms with E-state index in [0.717, 1.165) is 50.6 Å². The van der Waals surface area contributed by atoms with Crippen molar-refractivity contribution < 1.29 is 19.4 Å². The SMILES string of the molecule is CN(c1cccc(NC(=O)c2ccc(O)c(C(C)(C)C)c2)c1)c1ccc2c(C=Cc3ccc4c(c3)OCO4)n[nH]c2c1. The van der Waals surface area contributed by atoms with Crippen LogP contribution in [0.15, 0.2) is 78.9 Å². The molecule has 1 aliphatic rings. The molecule has 3 N–H and O–H groups in total. The van der Waals surface area contributed by atoms with Crippen LogP contribution in [0, 0.1) is 0 Å². The fraction of sp³-hybridized carbons (Fsp3) is 0.176. The molecule has 42 heavy (non-hydrogen) atoms. The third-order valence-electron chi connectivity index (χ3n) is 7.35. The number of H-pyrrole nitrogens is 1. The molecule has 1 aromatic heterocycles. The summed E-state index contributed by atoms with van der Waals surface area (Å²) in [6, 6.07) is 24.6. The third kappa shape index (κ3) is 5.39. The predicted octanol–water partition coefficient (Wildman–Crippen LogP) is 7.49. The molecule has 4 aromatic carbocycles. The lowest BCUT2D eigenvalue weighted by Crippen LogP contribution is -2.16. The number of phenolic OH excluding ortho intramolecular Hbond substituents is 1. The molecule has 1 aliphatic heterocycles. The van der Waals surface area contributed by atoms with Gasteiger partial charge in [-0.15, -0.1) is 0 Å². The number of phenols is 1. The van der Waals surface area contributed by atoms with Crippen molar-refractivity contribution in [3.8, 4) is 17.2 Å². The van der Waals surface area contributed by atoms with Gasteiger partial charge in [-0.3, -0.25) is 9.89 Å². The van der Waals surface area contributed by atoms with Gasteiger partial charge < -0.3 is 24.8 Å². The highest BCUT2D eigenvalue weighted by molar-refractivity contribution is 6.04. The first-order valence-corrected chi connectivity index (χ1v) is 13.7. The largest absolute Gasteiger partial charge is 0.508 e. The summed E-state index contributed by atoms with van der Waals surface area (Å²) in [4.78, 5) is 15.1. The number of ether oxygens (including phenoxy) is 2. The molecular formula is C34H32N4O4. The summed E-state index contributed by atoms with van der Waals surface area (Å²) in [6.07, 6.45) is 3.98. The number of carbonyl (C=O) groups excluding carboxylic acids is 1. The molecule has 8 nitrogen and oxygen atoms in total. The first kappa shape index (κ1) is 27.0. The van der Waals surface area contributed by atoms with Crippen molar-refractivity contribution in [3.05, 3.63) is 101 Å². The molecule has 0 unspecified atom stereocenters. The Morgan fingerprint density at radius 3 is 2.60 bits per heavy atom. The van der Waals surface area contributed by atoms with Gasteiger partial charge in [0.25, 0.3) is 5.91 Å². The van der Waals surface area contributed by atoms with E-state index in [1.807, 2.05) is 94.6 Å². The Kier molecular flexibility index (Phi) is 6.82. The number of aromatic hydroxyl groups is 1. The Morgan fingerprint density at radius 1 is 0.952 bits per heavy atom. The van der Waals surface area contributed by atoms with Crippen molar-refractivity contribution in [2.75, 3.05) is 24.1 Å². The minimum Gasteiger partial charge on any atom is -0.508 e. The summed E-state index contributed by atoms with van der Waals surface area (Å²) in [5.74, 6) is 1.45. The van der Waals surface area contributed by atoms with E-state index in [4.69, 9.17) is 9.47 Å². The van der Waals surface area contributed by atoms with Crippen LogP contribution in [-0.2, 0) is 5.41 Å². The molecule has 0 saturated heterocycles. The van der Waals surface area contributed by atoms with Gasteiger partial charge >= 0.3 is 0 Å². The Balaban J connectivity index is 1.18. The second-order valence-electron chi connectivity index (χ2n) is 11.3. The molecule has 212 valence electrons. The molecule has 0 fully saturated rings. The highest BCUT2D eigenvalue weighted by atomic mass is 16.7. The number of benzene rings is 4. The zero-order valence-corrected chi connectivity index (χ0v) is 23.9. The van der Waals surface area contributed by atoms with E-state index >= 15 is 0 Å². The summed E-state index contributed by atoms with van der Waals surface area (Å²) in [5.41, 5.74) is 6.23. The Labute approximate surface area is 244 Å². The van der Waals surface area contributed by atoms with Crippen molar-refractivity contribution in [2.45, 2.75) is 26.2 Å². The molecule has 5 aromatic rings. The van der Waals surface area contributed by atoms with E-state index < -0.39 is 0 Å². The van der Waals surface area contributed by atoms with Crippen molar-refractivity contribution in [1.82, 2.24) is 10.2 Å². The van der Waals surface area contributed by atoms with Gasteiger partial charge in [-0.25, -0.2) is 0 Å². The zero-order valence-electron chi connectivity index (χ0n) is 23.9. The van der Waals surface area contributed by atoms with Crippen molar-refractivity contribution >= 4 is 46.0 Å². The molecule has 6 rings (SSSR count). The minimum atomic E-state index is -0.289. The van der Waals surface area contributed by atoms with E-state index in [1.54, 1.807) is 18.2 Å². The summed E-state index contributed by atoms with van der Waals surface area (Å²) < 4.78 is 10.9. The van der Waals surface area contributed by atoms with Crippen LogP contribution in [-0.4, -0.2) is 35.1 Å². The number of nitrogens with zero attached hydrogens (tertiary/aromatic N) is 2. The minimum absolute atomic E-state index is 0.185. The normalized spacial score (nSPS) is 12.7. The lowest BCUT2D eigenvalue weighted by atomic mass is 9.85. The average molecular weight is 561 g/mol. The van der Waals surface area contributed by atoms with Crippen LogP contribution < -0.4 is 19.7 Å². The number of amides is 1. The highest BCUT2D eigenvalue weighted by Crippen LogP contribution is 2.34. The molecule has 0 radical (unpaired) electrons. The van der Waals surface area contributed by atoms with Gasteiger partial charge in [0.15, 0.2) is 11.5 Å². The molecule has 8 heteroatoms. The lowest BCUT2D eigenvalue weighted by molar-refractivity contribution is 0.102. The van der Waals surface area contributed by atoms with Crippen LogP contribution in [0.25, 0.3) is 23.1 Å². The summed E-state index contributed by atoms with van der Waals surface area (Å²) in [7, 11) is 1.98. The predicted molar refractivity (Wildman–Crippen MR) is 167 cm³/mol. The number of hydrogen-bond acceptors (Lipinski definition) is 6. The number of hydrogen-bond donors (Lipinski definition) is 3. The number of nitrogens with one attached hydrogen (secondary N) is 2. The average Bonchev–Trinajstić information content (AvgIpc) is 3.61. The van der Waals surface area contributed by atoms with Crippen molar-refractivity contribution in [1.29, 1.82) is 0 Å². The van der Waals surface area contributed by atoms with E-state index in [9.17, 15) is 9.90 Å². The maximum Gasteiger partial charge on any atom is 0.255 e. The van der Waals surface area contributed by atoms with Crippen LogP contribution in [0.1, 0.15) is 48.0 Å². The Morgan fingerprint density at radius 2 is 1.76 bits per heavy atom. The van der Waals surface area contributed by atoms with E-state index in [2.05, 4.69) is 26.5 Å². The van der Waals surface area contributed by atoms with Gasteiger partial charge in [-0.05, 0) is 83.8 Å². The summed E-state index contributed by atoms with van der Waals surface area (Å²) >= 11 is 0. The van der Waals surface area contributed by atoms with Crippen LogP contribution in [0.2, 0.25) is 0 Å². The molecule has 0 aliphatic carbocycles. The number of anilines is 3. The topological polar surface area (TPSA) is 99.7 Å². The Bertz CT molecular complexity index is 1830. The highest BCUT2D eigenvalue weighted by Gasteiger charge is 2.20. The Hall–Kier alpha value is -5.24. The first-order chi connectivity index (χ1) is 20.2. The molecule has 0 spiro atoms. The van der Waals surface area contributed by atoms with Gasteiger partial charge in [0.1, 0.15) is 5.75 Å². The zero-order chi connectivity index (χ0) is 29.4. The van der Waals surface area contributed by atoms with Crippen LogP contribution >= 0.6 is 0 Å². The van der Waals surface area contributed by atoms with Crippen LogP contribution in [0.5, 0.6) is 17.2 Å². The third-order valence-corrected chi connectivity index (χ3v) is 7.35. The molecule has 2 heterocycles. The lowest BCUT2D eigenvalue weighted by Gasteiger charge is -2.21. The van der Waals surface area contributed by atoms with Crippen LogP contribution in [0.4, 0.5) is 17.1 Å². The van der Waals surface area contributed by atoms with E-state index in [0.29, 0.717) is 11.3 Å².